The second-order valence-corrected chi connectivity index (χ2v) is 4.22. The molecule has 100 valence electrons. The number of hydrogen-bond donors (Lipinski definition) is 1. The summed E-state index contributed by atoms with van der Waals surface area (Å²) in [6.07, 6.45) is 2.19. The topological polar surface area (TPSA) is 48.1 Å². The standard InChI is InChI=1S/C15H17FN2O/c16-13-5-3-4-12(10-13)15(11-17)19-9-7-14-6-1-2-8-18-14/h1-6,8,10,15H,7,9,11,17H2. The monoisotopic (exact) mass is 260 g/mol. The van der Waals surface area contributed by atoms with Gasteiger partial charge in [0, 0.05) is 24.9 Å². The molecule has 1 heterocycles. The van der Waals surface area contributed by atoms with E-state index < -0.39 is 0 Å². The van der Waals surface area contributed by atoms with Crippen molar-refractivity contribution in [3.05, 3.63) is 65.7 Å². The van der Waals surface area contributed by atoms with Gasteiger partial charge in [-0.15, -0.1) is 0 Å². The number of ether oxygens (including phenoxy) is 1. The van der Waals surface area contributed by atoms with Crippen LogP contribution in [0.2, 0.25) is 0 Å². The first kappa shape index (κ1) is 13.6. The molecule has 1 aromatic heterocycles. The molecular weight excluding hydrogens is 243 g/mol. The molecule has 0 aliphatic rings. The van der Waals surface area contributed by atoms with Crippen molar-refractivity contribution in [1.82, 2.24) is 4.98 Å². The molecule has 2 aromatic rings. The molecule has 2 rings (SSSR count). The number of nitrogens with two attached hydrogens (primary N) is 1. The molecule has 0 saturated heterocycles. The Hall–Kier alpha value is -1.78. The van der Waals surface area contributed by atoms with Gasteiger partial charge in [0.15, 0.2) is 0 Å². The van der Waals surface area contributed by atoms with Crippen molar-refractivity contribution in [3.63, 3.8) is 0 Å². The van der Waals surface area contributed by atoms with E-state index in [1.165, 1.54) is 12.1 Å². The van der Waals surface area contributed by atoms with Gasteiger partial charge >= 0.3 is 0 Å². The fourth-order valence-electron chi connectivity index (χ4n) is 1.86. The predicted octanol–water partition coefficient (Wildman–Crippen LogP) is 2.48. The van der Waals surface area contributed by atoms with Crippen LogP contribution < -0.4 is 5.73 Å². The van der Waals surface area contributed by atoms with E-state index in [4.69, 9.17) is 10.5 Å². The van der Waals surface area contributed by atoms with Crippen molar-refractivity contribution >= 4 is 0 Å². The Morgan fingerprint density at radius 3 is 2.79 bits per heavy atom. The number of benzene rings is 1. The summed E-state index contributed by atoms with van der Waals surface area (Å²) < 4.78 is 18.8. The minimum absolute atomic E-state index is 0.274. The first-order valence-electron chi connectivity index (χ1n) is 6.26. The van der Waals surface area contributed by atoms with Gasteiger partial charge in [-0.25, -0.2) is 4.39 Å². The third-order valence-corrected chi connectivity index (χ3v) is 2.84. The van der Waals surface area contributed by atoms with Gasteiger partial charge in [-0.1, -0.05) is 18.2 Å². The zero-order valence-corrected chi connectivity index (χ0v) is 10.6. The summed E-state index contributed by atoms with van der Waals surface area (Å²) in [6.45, 7) is 0.834. The number of hydrogen-bond acceptors (Lipinski definition) is 3. The van der Waals surface area contributed by atoms with E-state index in [0.29, 0.717) is 19.6 Å². The van der Waals surface area contributed by atoms with Gasteiger partial charge in [0.05, 0.1) is 12.7 Å². The molecule has 3 nitrogen and oxygen atoms in total. The molecule has 0 saturated carbocycles. The van der Waals surface area contributed by atoms with Crippen LogP contribution in [0.1, 0.15) is 17.4 Å². The molecule has 1 aromatic carbocycles. The van der Waals surface area contributed by atoms with Gasteiger partial charge in [-0.3, -0.25) is 4.98 Å². The van der Waals surface area contributed by atoms with E-state index in [-0.39, 0.29) is 11.9 Å². The predicted molar refractivity (Wildman–Crippen MR) is 72.1 cm³/mol. The molecule has 1 unspecified atom stereocenters. The molecular formula is C15H17FN2O. The summed E-state index contributed by atoms with van der Waals surface area (Å²) >= 11 is 0. The summed E-state index contributed by atoms with van der Waals surface area (Å²) in [4.78, 5) is 4.22. The highest BCUT2D eigenvalue weighted by Gasteiger charge is 2.10. The molecule has 1 atom stereocenters. The number of pyridine rings is 1. The maximum absolute atomic E-state index is 13.1. The number of halogens is 1. The SMILES string of the molecule is NCC(OCCc1ccccn1)c1cccc(F)c1. The van der Waals surface area contributed by atoms with Gasteiger partial charge in [-0.05, 0) is 29.8 Å². The smallest absolute Gasteiger partial charge is 0.123 e. The highest BCUT2D eigenvalue weighted by Crippen LogP contribution is 2.17. The lowest BCUT2D eigenvalue weighted by Crippen LogP contribution is -2.17. The fraction of sp³-hybridized carbons (Fsp3) is 0.267. The number of nitrogens with zero attached hydrogens (tertiary/aromatic N) is 1. The fourth-order valence-corrected chi connectivity index (χ4v) is 1.86. The van der Waals surface area contributed by atoms with Gasteiger partial charge in [0.1, 0.15) is 5.82 Å². The minimum Gasteiger partial charge on any atom is -0.372 e. The van der Waals surface area contributed by atoms with Crippen LogP contribution in [-0.2, 0) is 11.2 Å². The zero-order valence-electron chi connectivity index (χ0n) is 10.6. The average Bonchev–Trinajstić information content (AvgIpc) is 2.45. The van der Waals surface area contributed by atoms with E-state index in [1.807, 2.05) is 24.3 Å². The molecule has 0 aliphatic heterocycles. The molecule has 0 bridgehead atoms. The third-order valence-electron chi connectivity index (χ3n) is 2.84. The molecule has 0 spiro atoms. The zero-order chi connectivity index (χ0) is 13.5. The number of aromatic nitrogens is 1. The Balaban J connectivity index is 1.89. The van der Waals surface area contributed by atoms with E-state index >= 15 is 0 Å². The molecule has 0 radical (unpaired) electrons. The van der Waals surface area contributed by atoms with Crippen LogP contribution in [0.5, 0.6) is 0 Å². The van der Waals surface area contributed by atoms with E-state index in [0.717, 1.165) is 11.3 Å². The van der Waals surface area contributed by atoms with Crippen LogP contribution in [0, 0.1) is 5.82 Å². The lowest BCUT2D eigenvalue weighted by molar-refractivity contribution is 0.0603. The summed E-state index contributed by atoms with van der Waals surface area (Å²) in [5.41, 5.74) is 7.41. The summed E-state index contributed by atoms with van der Waals surface area (Å²) in [6, 6.07) is 12.1. The molecule has 2 N–H and O–H groups in total. The normalized spacial score (nSPS) is 12.3. The lowest BCUT2D eigenvalue weighted by Gasteiger charge is -2.16. The van der Waals surface area contributed by atoms with Crippen LogP contribution in [0.4, 0.5) is 4.39 Å². The third kappa shape index (κ3) is 4.12. The van der Waals surface area contributed by atoms with E-state index in [1.54, 1.807) is 12.3 Å². The Morgan fingerprint density at radius 1 is 1.21 bits per heavy atom. The quantitative estimate of drug-likeness (QED) is 0.868. The van der Waals surface area contributed by atoms with Crippen molar-refractivity contribution in [2.75, 3.05) is 13.2 Å². The summed E-state index contributed by atoms with van der Waals surface area (Å²) in [5.74, 6) is -0.274. The van der Waals surface area contributed by atoms with Crippen LogP contribution in [0.25, 0.3) is 0 Å². The lowest BCUT2D eigenvalue weighted by atomic mass is 10.1. The Bertz CT molecular complexity index is 505. The maximum atomic E-state index is 13.1. The highest BCUT2D eigenvalue weighted by atomic mass is 19.1. The minimum atomic E-state index is -0.278. The largest absolute Gasteiger partial charge is 0.372 e. The highest BCUT2D eigenvalue weighted by molar-refractivity contribution is 5.19. The number of rotatable bonds is 6. The van der Waals surface area contributed by atoms with Crippen molar-refractivity contribution < 1.29 is 9.13 Å². The van der Waals surface area contributed by atoms with Crippen molar-refractivity contribution in [3.8, 4) is 0 Å². The molecule has 0 fully saturated rings. The van der Waals surface area contributed by atoms with E-state index in [2.05, 4.69) is 4.98 Å². The molecule has 0 aliphatic carbocycles. The van der Waals surface area contributed by atoms with Gasteiger partial charge < -0.3 is 10.5 Å². The van der Waals surface area contributed by atoms with Crippen LogP contribution in [-0.4, -0.2) is 18.1 Å². The Morgan fingerprint density at radius 2 is 2.11 bits per heavy atom. The van der Waals surface area contributed by atoms with Crippen LogP contribution in [0.15, 0.2) is 48.7 Å². The van der Waals surface area contributed by atoms with Gasteiger partial charge in [0.2, 0.25) is 0 Å². The van der Waals surface area contributed by atoms with Crippen molar-refractivity contribution in [2.24, 2.45) is 5.73 Å². The molecule has 4 heteroatoms. The van der Waals surface area contributed by atoms with Crippen LogP contribution in [0.3, 0.4) is 0 Å². The first-order chi connectivity index (χ1) is 9.29. The van der Waals surface area contributed by atoms with Crippen molar-refractivity contribution in [2.45, 2.75) is 12.5 Å². The molecule has 19 heavy (non-hydrogen) atoms. The second-order valence-electron chi connectivity index (χ2n) is 4.22. The second kappa shape index (κ2) is 6.97. The van der Waals surface area contributed by atoms with Gasteiger partial charge in [-0.2, -0.15) is 0 Å². The van der Waals surface area contributed by atoms with Gasteiger partial charge in [0.25, 0.3) is 0 Å². The first-order valence-corrected chi connectivity index (χ1v) is 6.26. The van der Waals surface area contributed by atoms with Crippen molar-refractivity contribution in [1.29, 1.82) is 0 Å². The Kier molecular flexibility index (Phi) is 5.01. The molecule has 0 amide bonds. The summed E-state index contributed by atoms with van der Waals surface area (Å²) in [5, 5.41) is 0. The average molecular weight is 260 g/mol. The maximum Gasteiger partial charge on any atom is 0.123 e. The summed E-state index contributed by atoms with van der Waals surface area (Å²) in [7, 11) is 0. The van der Waals surface area contributed by atoms with Crippen LogP contribution >= 0.6 is 0 Å². The van der Waals surface area contributed by atoms with E-state index in [9.17, 15) is 4.39 Å². The Labute approximate surface area is 112 Å².